The lowest BCUT2D eigenvalue weighted by Crippen LogP contribution is -2.63. The number of aryl methyl sites for hydroxylation is 1. The van der Waals surface area contributed by atoms with Crippen LogP contribution in [0.4, 0.5) is 10.7 Å². The number of fused-ring (bicyclic) bond motifs is 3. The normalized spacial score (nSPS) is 18.9. The fourth-order valence-corrected chi connectivity index (χ4v) is 6.17. The van der Waals surface area contributed by atoms with Crippen molar-refractivity contribution in [1.29, 1.82) is 0 Å². The highest BCUT2D eigenvalue weighted by atomic mass is 32.1. The zero-order valence-electron chi connectivity index (χ0n) is 19.3. The highest BCUT2D eigenvalue weighted by molar-refractivity contribution is 7.17. The Morgan fingerprint density at radius 3 is 2.49 bits per heavy atom. The van der Waals surface area contributed by atoms with E-state index in [1.54, 1.807) is 36.1 Å². The molecular weight excluding hydrogens is 464 g/mol. The average Bonchev–Trinajstić information content (AvgIpc) is 3.33. The van der Waals surface area contributed by atoms with Gasteiger partial charge in [-0.25, -0.2) is 0 Å². The number of para-hydroxylation sites is 1. The van der Waals surface area contributed by atoms with Gasteiger partial charge in [0.15, 0.2) is 0 Å². The molecule has 1 saturated heterocycles. The van der Waals surface area contributed by atoms with Gasteiger partial charge in [-0.2, -0.15) is 0 Å². The van der Waals surface area contributed by atoms with Crippen LogP contribution in [0.1, 0.15) is 45.4 Å². The van der Waals surface area contributed by atoms with Crippen molar-refractivity contribution in [1.82, 2.24) is 4.90 Å². The molecule has 1 aromatic heterocycles. The summed E-state index contributed by atoms with van der Waals surface area (Å²) in [5.41, 5.74) is 7.46. The van der Waals surface area contributed by atoms with Gasteiger partial charge in [0.1, 0.15) is 17.2 Å². The maximum absolute atomic E-state index is 13.4. The van der Waals surface area contributed by atoms with Crippen LogP contribution in [0.3, 0.4) is 0 Å². The van der Waals surface area contributed by atoms with E-state index in [1.165, 1.54) is 16.2 Å². The lowest BCUT2D eigenvalue weighted by Gasteiger charge is -2.48. The molecule has 0 unspecified atom stereocenters. The first kappa shape index (κ1) is 22.8. The number of hydrogen-bond donors (Lipinski definition) is 2. The molecule has 1 atom stereocenters. The monoisotopic (exact) mass is 488 g/mol. The lowest BCUT2D eigenvalue weighted by molar-refractivity contribution is -0.120. The summed E-state index contributed by atoms with van der Waals surface area (Å²) in [5, 5.41) is 3.15. The molecular formula is C26H24N4O4S. The quantitative estimate of drug-likeness (QED) is 0.569. The van der Waals surface area contributed by atoms with Gasteiger partial charge in [-0.05, 0) is 38.0 Å². The Balaban J connectivity index is 1.47. The summed E-state index contributed by atoms with van der Waals surface area (Å²) in [4.78, 5) is 55.7. The molecule has 0 aliphatic carbocycles. The predicted octanol–water partition coefficient (Wildman–Crippen LogP) is 3.76. The molecule has 2 aliphatic heterocycles. The zero-order chi connectivity index (χ0) is 24.9. The van der Waals surface area contributed by atoms with Crippen molar-refractivity contribution in [2.45, 2.75) is 32.4 Å². The maximum Gasteiger partial charge on any atom is 0.258 e. The van der Waals surface area contributed by atoms with Gasteiger partial charge in [0.25, 0.3) is 11.8 Å². The van der Waals surface area contributed by atoms with E-state index in [4.69, 9.17) is 5.73 Å². The molecule has 9 heteroatoms. The summed E-state index contributed by atoms with van der Waals surface area (Å²) in [6.45, 7) is 3.39. The fourth-order valence-electron chi connectivity index (χ4n) is 5.07. The summed E-state index contributed by atoms with van der Waals surface area (Å²) in [6, 6.07) is 16.3. The second kappa shape index (κ2) is 8.35. The van der Waals surface area contributed by atoms with Crippen molar-refractivity contribution in [3.63, 3.8) is 0 Å². The number of anilines is 2. The number of rotatable bonds is 5. The minimum absolute atomic E-state index is 0.0877. The van der Waals surface area contributed by atoms with Gasteiger partial charge in [0.05, 0.1) is 16.8 Å². The number of nitrogens with zero attached hydrogens (tertiary/aromatic N) is 2. The van der Waals surface area contributed by atoms with E-state index < -0.39 is 17.5 Å². The van der Waals surface area contributed by atoms with Crippen molar-refractivity contribution < 1.29 is 19.2 Å². The van der Waals surface area contributed by atoms with Gasteiger partial charge >= 0.3 is 0 Å². The third-order valence-electron chi connectivity index (χ3n) is 6.69. The van der Waals surface area contributed by atoms with Crippen molar-refractivity contribution in [3.05, 3.63) is 70.6 Å². The largest absolute Gasteiger partial charge is 0.365 e. The van der Waals surface area contributed by atoms with Crippen LogP contribution in [-0.4, -0.2) is 40.7 Å². The Hall–Kier alpha value is -3.98. The number of hydrogen-bond acceptors (Lipinski definition) is 5. The highest BCUT2D eigenvalue weighted by Gasteiger charge is 2.53. The van der Waals surface area contributed by atoms with Crippen LogP contribution in [0.15, 0.2) is 54.6 Å². The Bertz CT molecular complexity index is 1380. The van der Waals surface area contributed by atoms with Gasteiger partial charge in [0, 0.05) is 16.9 Å². The molecule has 3 aromatic rings. The van der Waals surface area contributed by atoms with Crippen molar-refractivity contribution >= 4 is 45.7 Å². The molecule has 0 spiro atoms. The summed E-state index contributed by atoms with van der Waals surface area (Å²) >= 11 is 1.26. The molecule has 1 fully saturated rings. The molecule has 5 rings (SSSR count). The molecule has 35 heavy (non-hydrogen) atoms. The Kier molecular flexibility index (Phi) is 5.44. The van der Waals surface area contributed by atoms with E-state index >= 15 is 0 Å². The summed E-state index contributed by atoms with van der Waals surface area (Å²) in [5.74, 6) is -1.52. The molecule has 2 aliphatic rings. The SMILES string of the molecule is Cc1sc(NC(=O)CN2C(=O)c3ccccc3N3C(=O)CC[C@]23C)c(C(N)=O)c1-c1ccccc1. The third kappa shape index (κ3) is 3.59. The number of carbonyl (C=O) groups is 4. The Labute approximate surface area is 206 Å². The second-order valence-corrected chi connectivity index (χ2v) is 10.1. The van der Waals surface area contributed by atoms with Gasteiger partial charge in [-0.15, -0.1) is 11.3 Å². The van der Waals surface area contributed by atoms with E-state index in [2.05, 4.69) is 5.32 Å². The van der Waals surface area contributed by atoms with Crippen LogP contribution in [0, 0.1) is 6.92 Å². The van der Waals surface area contributed by atoms with E-state index in [0.717, 1.165) is 10.4 Å². The van der Waals surface area contributed by atoms with Crippen molar-refractivity contribution in [2.24, 2.45) is 5.73 Å². The molecule has 0 saturated carbocycles. The minimum atomic E-state index is -0.951. The number of nitrogens with one attached hydrogen (secondary N) is 1. The van der Waals surface area contributed by atoms with E-state index in [0.29, 0.717) is 28.2 Å². The van der Waals surface area contributed by atoms with Crippen LogP contribution >= 0.6 is 11.3 Å². The zero-order valence-corrected chi connectivity index (χ0v) is 20.1. The first-order valence-corrected chi connectivity index (χ1v) is 12.1. The first-order valence-electron chi connectivity index (χ1n) is 11.2. The molecule has 0 bridgehead atoms. The average molecular weight is 489 g/mol. The molecule has 0 radical (unpaired) electrons. The number of thiophene rings is 1. The summed E-state index contributed by atoms with van der Waals surface area (Å²) < 4.78 is 0. The Morgan fingerprint density at radius 1 is 1.09 bits per heavy atom. The van der Waals surface area contributed by atoms with Crippen molar-refractivity contribution in [3.8, 4) is 11.1 Å². The molecule has 178 valence electrons. The molecule has 3 N–H and O–H groups in total. The fraction of sp³-hybridized carbons (Fsp3) is 0.231. The summed E-state index contributed by atoms with van der Waals surface area (Å²) in [7, 11) is 0. The highest BCUT2D eigenvalue weighted by Crippen LogP contribution is 2.44. The number of benzene rings is 2. The number of nitrogens with two attached hydrogens (primary N) is 1. The number of carbonyl (C=O) groups excluding carboxylic acids is 4. The standard InChI is InChI=1S/C26H24N4O4S/c1-15-21(16-8-4-3-5-9-16)22(23(27)33)24(35-15)28-19(31)14-29-25(34)17-10-6-7-11-18(17)30-20(32)12-13-26(29,30)2/h3-11H,12-14H2,1-2H3,(H2,27,33)(H,28,31)/t26-/m1/s1. The molecule has 4 amide bonds. The van der Waals surface area contributed by atoms with Crippen molar-refractivity contribution in [2.75, 3.05) is 16.8 Å². The van der Waals surface area contributed by atoms with E-state index in [1.807, 2.05) is 37.3 Å². The second-order valence-electron chi connectivity index (χ2n) is 8.87. The van der Waals surface area contributed by atoms with Gasteiger partial charge in [-0.1, -0.05) is 42.5 Å². The molecule has 2 aromatic carbocycles. The van der Waals surface area contributed by atoms with Crippen LogP contribution in [0.5, 0.6) is 0 Å². The lowest BCUT2D eigenvalue weighted by atomic mass is 9.98. The van der Waals surface area contributed by atoms with Crippen LogP contribution in [-0.2, 0) is 9.59 Å². The van der Waals surface area contributed by atoms with Gasteiger partial charge < -0.3 is 16.0 Å². The summed E-state index contributed by atoms with van der Waals surface area (Å²) in [6.07, 6.45) is 0.703. The van der Waals surface area contributed by atoms with Gasteiger partial charge in [0.2, 0.25) is 11.8 Å². The number of amides is 4. The predicted molar refractivity (Wildman–Crippen MR) is 134 cm³/mol. The van der Waals surface area contributed by atoms with Crippen LogP contribution in [0.25, 0.3) is 11.1 Å². The number of primary amides is 1. The molecule has 3 heterocycles. The minimum Gasteiger partial charge on any atom is -0.365 e. The van der Waals surface area contributed by atoms with Crippen LogP contribution < -0.4 is 16.0 Å². The topological polar surface area (TPSA) is 113 Å². The van der Waals surface area contributed by atoms with Crippen LogP contribution in [0.2, 0.25) is 0 Å². The van der Waals surface area contributed by atoms with E-state index in [-0.39, 0.29) is 30.3 Å². The first-order chi connectivity index (χ1) is 16.7. The van der Waals surface area contributed by atoms with E-state index in [9.17, 15) is 19.2 Å². The molecule has 8 nitrogen and oxygen atoms in total. The Morgan fingerprint density at radius 2 is 1.77 bits per heavy atom. The van der Waals surface area contributed by atoms with Gasteiger partial charge in [-0.3, -0.25) is 24.1 Å². The smallest absolute Gasteiger partial charge is 0.258 e. The maximum atomic E-state index is 13.4. The third-order valence-corrected chi connectivity index (χ3v) is 7.71.